The van der Waals surface area contributed by atoms with E-state index in [1.54, 1.807) is 0 Å². The molecule has 13 heavy (non-hydrogen) atoms. The van der Waals surface area contributed by atoms with Crippen molar-refractivity contribution in [1.29, 1.82) is 0 Å². The van der Waals surface area contributed by atoms with Crippen molar-refractivity contribution in [3.8, 4) is 0 Å². The summed E-state index contributed by atoms with van der Waals surface area (Å²) in [5.41, 5.74) is 0. The summed E-state index contributed by atoms with van der Waals surface area (Å²) in [5, 5.41) is 3.49. The number of hydrogen-bond donors (Lipinski definition) is 1. The number of rotatable bonds is 0. The molecule has 0 radical (unpaired) electrons. The highest BCUT2D eigenvalue weighted by atomic mass is 35.5. The van der Waals surface area contributed by atoms with Gasteiger partial charge in [-0.1, -0.05) is 0 Å². The zero-order chi connectivity index (χ0) is 8.28. The Labute approximate surface area is 95.6 Å². The van der Waals surface area contributed by atoms with Crippen LogP contribution in [-0.4, -0.2) is 28.7 Å². The van der Waals surface area contributed by atoms with Crippen molar-refractivity contribution in [2.45, 2.75) is 29.8 Å². The molecule has 0 aromatic heterocycles. The third-order valence-corrected chi connectivity index (χ3v) is 6.17. The van der Waals surface area contributed by atoms with Gasteiger partial charge in [-0.2, -0.15) is 0 Å². The van der Waals surface area contributed by atoms with Crippen LogP contribution in [-0.2, 0) is 0 Å². The van der Waals surface area contributed by atoms with Crippen molar-refractivity contribution in [3.63, 3.8) is 0 Å². The minimum atomic E-state index is 0. The van der Waals surface area contributed by atoms with Gasteiger partial charge in [0, 0.05) is 0 Å². The summed E-state index contributed by atoms with van der Waals surface area (Å²) in [7, 11) is 0. The Morgan fingerprint density at radius 2 is 1.69 bits per heavy atom. The van der Waals surface area contributed by atoms with Gasteiger partial charge in [0.1, 0.15) is 0 Å². The monoisotopic (exact) mass is 239 g/mol. The van der Waals surface area contributed by atoms with Crippen LogP contribution in [0.3, 0.4) is 0 Å². The minimum Gasteiger partial charge on any atom is -0.317 e. The molecule has 0 aliphatic carbocycles. The van der Waals surface area contributed by atoms with Gasteiger partial charge >= 0.3 is 0 Å². The second kappa shape index (κ2) is 5.74. The molecule has 0 bridgehead atoms. The molecule has 4 heteroatoms. The van der Waals surface area contributed by atoms with Crippen molar-refractivity contribution in [2.75, 3.05) is 24.6 Å². The predicted octanol–water partition coefficient (Wildman–Crippen LogP) is 2.75. The van der Waals surface area contributed by atoms with E-state index in [1.165, 1.54) is 50.3 Å². The molecule has 2 saturated heterocycles. The van der Waals surface area contributed by atoms with Crippen LogP contribution in [0, 0.1) is 0 Å². The number of nitrogens with one attached hydrogen (secondary N) is 1. The van der Waals surface area contributed by atoms with Crippen molar-refractivity contribution >= 4 is 35.9 Å². The quantitative estimate of drug-likeness (QED) is 0.698. The molecule has 0 atom stereocenters. The largest absolute Gasteiger partial charge is 0.317 e. The first-order valence-corrected chi connectivity index (χ1v) is 6.87. The molecule has 0 amide bonds. The Kier molecular flexibility index (Phi) is 5.31. The lowest BCUT2D eigenvalue weighted by Gasteiger charge is -2.34. The van der Waals surface area contributed by atoms with Gasteiger partial charge in [-0.25, -0.2) is 0 Å². The molecule has 0 aromatic rings. The van der Waals surface area contributed by atoms with Crippen LogP contribution in [0.1, 0.15) is 25.7 Å². The topological polar surface area (TPSA) is 12.0 Å². The van der Waals surface area contributed by atoms with Crippen LogP contribution in [0.4, 0.5) is 0 Å². The Bertz CT molecular complexity index is 139. The lowest BCUT2D eigenvalue weighted by Crippen LogP contribution is -2.26. The fraction of sp³-hybridized carbons (Fsp3) is 1.00. The molecule has 1 spiro atoms. The van der Waals surface area contributed by atoms with Gasteiger partial charge in [0.2, 0.25) is 0 Å². The molecule has 1 N–H and O–H groups in total. The Balaban J connectivity index is 0.000000845. The SMILES string of the molecule is C1CSC2(CCCNCC2)SC1.Cl. The average molecular weight is 240 g/mol. The summed E-state index contributed by atoms with van der Waals surface area (Å²) in [5.74, 6) is 2.79. The second-order valence-corrected chi connectivity index (χ2v) is 6.78. The van der Waals surface area contributed by atoms with E-state index in [9.17, 15) is 0 Å². The molecule has 78 valence electrons. The summed E-state index contributed by atoms with van der Waals surface area (Å²) in [4.78, 5) is 0. The minimum absolute atomic E-state index is 0. The maximum absolute atomic E-state index is 3.49. The molecular weight excluding hydrogens is 222 g/mol. The maximum Gasteiger partial charge on any atom is 0.0623 e. The molecule has 2 aliphatic heterocycles. The van der Waals surface area contributed by atoms with E-state index < -0.39 is 0 Å². The van der Waals surface area contributed by atoms with Crippen LogP contribution in [0.2, 0.25) is 0 Å². The third-order valence-electron chi connectivity index (χ3n) is 2.61. The first-order chi connectivity index (χ1) is 5.91. The Hall–Kier alpha value is 0.950. The number of thioether (sulfide) groups is 2. The van der Waals surface area contributed by atoms with E-state index >= 15 is 0 Å². The molecule has 1 nitrogen and oxygen atoms in total. The molecule has 2 aliphatic rings. The Morgan fingerprint density at radius 1 is 0.923 bits per heavy atom. The highest BCUT2D eigenvalue weighted by molar-refractivity contribution is 8.18. The van der Waals surface area contributed by atoms with Crippen LogP contribution in [0.15, 0.2) is 0 Å². The molecule has 0 aromatic carbocycles. The van der Waals surface area contributed by atoms with Gasteiger partial charge in [0.15, 0.2) is 0 Å². The highest BCUT2D eigenvalue weighted by Gasteiger charge is 2.33. The van der Waals surface area contributed by atoms with Crippen molar-refractivity contribution in [3.05, 3.63) is 0 Å². The summed E-state index contributed by atoms with van der Waals surface area (Å²) in [6.45, 7) is 2.48. The van der Waals surface area contributed by atoms with Crippen molar-refractivity contribution in [1.82, 2.24) is 5.32 Å². The van der Waals surface area contributed by atoms with Gasteiger partial charge in [-0.05, 0) is 50.3 Å². The predicted molar refractivity (Wildman–Crippen MR) is 66.2 cm³/mol. The van der Waals surface area contributed by atoms with Crippen LogP contribution in [0.5, 0.6) is 0 Å². The molecule has 0 unspecified atom stereocenters. The molecule has 2 heterocycles. The lowest BCUT2D eigenvalue weighted by atomic mass is 10.2. The van der Waals surface area contributed by atoms with E-state index in [-0.39, 0.29) is 12.4 Å². The second-order valence-electron chi connectivity index (χ2n) is 3.56. The summed E-state index contributed by atoms with van der Waals surface area (Å²) in [6.07, 6.45) is 5.60. The van der Waals surface area contributed by atoms with E-state index in [2.05, 4.69) is 28.8 Å². The molecule has 2 fully saturated rings. The van der Waals surface area contributed by atoms with Crippen molar-refractivity contribution in [2.24, 2.45) is 0 Å². The summed E-state index contributed by atoms with van der Waals surface area (Å²) >= 11 is 4.45. The van der Waals surface area contributed by atoms with Gasteiger partial charge in [-0.3, -0.25) is 0 Å². The van der Waals surface area contributed by atoms with Crippen LogP contribution in [0.25, 0.3) is 0 Å². The van der Waals surface area contributed by atoms with E-state index in [1.807, 2.05) is 0 Å². The van der Waals surface area contributed by atoms with Crippen LogP contribution < -0.4 is 5.32 Å². The fourth-order valence-electron chi connectivity index (χ4n) is 1.92. The van der Waals surface area contributed by atoms with E-state index in [4.69, 9.17) is 0 Å². The standard InChI is InChI=1S/C9H17NS2.ClH/c1-3-9(4-6-10-5-1)11-7-2-8-12-9;/h10H,1-8H2;1H. The molecule has 0 saturated carbocycles. The van der Waals surface area contributed by atoms with Gasteiger partial charge in [0.25, 0.3) is 0 Å². The van der Waals surface area contributed by atoms with Gasteiger partial charge in [-0.15, -0.1) is 35.9 Å². The maximum atomic E-state index is 3.49. The van der Waals surface area contributed by atoms with Gasteiger partial charge < -0.3 is 5.32 Å². The molecule has 2 rings (SSSR count). The average Bonchev–Trinajstić information content (AvgIpc) is 2.33. The van der Waals surface area contributed by atoms with E-state index in [0.717, 1.165) is 0 Å². The number of halogens is 1. The van der Waals surface area contributed by atoms with Crippen molar-refractivity contribution < 1.29 is 0 Å². The Morgan fingerprint density at radius 3 is 2.46 bits per heavy atom. The first-order valence-electron chi connectivity index (χ1n) is 4.90. The summed E-state index contributed by atoms with van der Waals surface area (Å²) in [6, 6.07) is 0. The van der Waals surface area contributed by atoms with Crippen LogP contribution >= 0.6 is 35.9 Å². The first kappa shape index (κ1) is 12.0. The zero-order valence-corrected chi connectivity index (χ0v) is 10.3. The lowest BCUT2D eigenvalue weighted by molar-refractivity contribution is 0.689. The molecular formula is C9H18ClNS2. The number of hydrogen-bond acceptors (Lipinski definition) is 3. The van der Waals surface area contributed by atoms with Gasteiger partial charge in [0.05, 0.1) is 4.08 Å². The smallest absolute Gasteiger partial charge is 0.0623 e. The van der Waals surface area contributed by atoms with E-state index in [0.29, 0.717) is 4.08 Å². The fourth-order valence-corrected chi connectivity index (χ4v) is 5.32. The highest BCUT2D eigenvalue weighted by Crippen LogP contribution is 2.48. The normalized spacial score (nSPS) is 27.7. The summed E-state index contributed by atoms with van der Waals surface area (Å²) < 4.78 is 0.613. The third kappa shape index (κ3) is 3.22. The zero-order valence-electron chi connectivity index (χ0n) is 7.88.